The van der Waals surface area contributed by atoms with Crippen LogP contribution >= 0.6 is 11.6 Å². The third-order valence-electron chi connectivity index (χ3n) is 3.63. The second-order valence-electron chi connectivity index (χ2n) is 6.52. The highest BCUT2D eigenvalue weighted by Crippen LogP contribution is 2.28. The average molecular weight is 308 g/mol. The smallest absolute Gasteiger partial charge is 0.137 e. The summed E-state index contributed by atoms with van der Waals surface area (Å²) >= 11 is 5.93. The third-order valence-corrected chi connectivity index (χ3v) is 3.89. The van der Waals surface area contributed by atoms with Crippen molar-refractivity contribution in [1.82, 2.24) is 14.8 Å². The SMILES string of the molecule is CC(C)(C)C(O)C(Cc1ccc(Cl)cc1)Cn1cncn1. The maximum atomic E-state index is 10.7. The summed E-state index contributed by atoms with van der Waals surface area (Å²) in [5.74, 6) is 0.0628. The van der Waals surface area contributed by atoms with Crippen LogP contribution in [0.25, 0.3) is 0 Å². The molecule has 0 spiro atoms. The zero-order chi connectivity index (χ0) is 15.5. The van der Waals surface area contributed by atoms with E-state index in [1.165, 1.54) is 6.33 Å². The van der Waals surface area contributed by atoms with Gasteiger partial charge in [0.25, 0.3) is 0 Å². The molecule has 0 amide bonds. The number of nitrogens with zero attached hydrogens (tertiary/aromatic N) is 3. The van der Waals surface area contributed by atoms with E-state index in [1.54, 1.807) is 11.0 Å². The van der Waals surface area contributed by atoms with Gasteiger partial charge in [0.15, 0.2) is 0 Å². The Labute approximate surface area is 130 Å². The molecule has 1 N–H and O–H groups in total. The first-order chi connectivity index (χ1) is 9.86. The maximum Gasteiger partial charge on any atom is 0.137 e. The zero-order valence-electron chi connectivity index (χ0n) is 12.7. The van der Waals surface area contributed by atoms with E-state index in [0.29, 0.717) is 6.54 Å². The van der Waals surface area contributed by atoms with Crippen LogP contribution in [0.1, 0.15) is 26.3 Å². The van der Waals surface area contributed by atoms with Crippen molar-refractivity contribution in [2.45, 2.75) is 39.8 Å². The van der Waals surface area contributed by atoms with Crippen LogP contribution in [0.5, 0.6) is 0 Å². The van der Waals surface area contributed by atoms with Crippen molar-refractivity contribution in [1.29, 1.82) is 0 Å². The molecular weight excluding hydrogens is 286 g/mol. The summed E-state index contributed by atoms with van der Waals surface area (Å²) in [4.78, 5) is 3.97. The van der Waals surface area contributed by atoms with E-state index >= 15 is 0 Å². The topological polar surface area (TPSA) is 50.9 Å². The van der Waals surface area contributed by atoms with E-state index < -0.39 is 6.10 Å². The Morgan fingerprint density at radius 1 is 1.24 bits per heavy atom. The molecule has 5 heteroatoms. The summed E-state index contributed by atoms with van der Waals surface area (Å²) in [6.45, 7) is 6.79. The van der Waals surface area contributed by atoms with Gasteiger partial charge < -0.3 is 5.11 Å². The minimum Gasteiger partial charge on any atom is -0.392 e. The molecule has 0 radical (unpaired) electrons. The molecule has 1 aromatic carbocycles. The van der Waals surface area contributed by atoms with Gasteiger partial charge in [-0.25, -0.2) is 4.98 Å². The normalized spacial score (nSPS) is 14.9. The lowest BCUT2D eigenvalue weighted by Gasteiger charge is -2.33. The Bertz CT molecular complexity index is 546. The second-order valence-corrected chi connectivity index (χ2v) is 6.96. The summed E-state index contributed by atoms with van der Waals surface area (Å²) < 4.78 is 1.77. The largest absolute Gasteiger partial charge is 0.392 e. The molecule has 0 saturated heterocycles. The Kier molecular flexibility index (Phi) is 5.01. The zero-order valence-corrected chi connectivity index (χ0v) is 13.5. The number of aromatic nitrogens is 3. The number of benzene rings is 1. The standard InChI is InChI=1S/C16H22ClN3O/c1-16(2,3)15(21)13(9-20-11-18-10-19-20)8-12-4-6-14(17)7-5-12/h4-7,10-11,13,15,21H,8-9H2,1-3H3. The molecule has 0 bridgehead atoms. The molecule has 0 fully saturated rings. The highest BCUT2D eigenvalue weighted by atomic mass is 35.5. The molecule has 1 heterocycles. The summed E-state index contributed by atoms with van der Waals surface area (Å²) in [7, 11) is 0. The molecule has 1 aromatic heterocycles. The van der Waals surface area contributed by atoms with Gasteiger partial charge >= 0.3 is 0 Å². The summed E-state index contributed by atoms with van der Waals surface area (Å²) in [5.41, 5.74) is 0.977. The van der Waals surface area contributed by atoms with E-state index in [0.717, 1.165) is 17.0 Å². The van der Waals surface area contributed by atoms with Gasteiger partial charge in [0, 0.05) is 17.5 Å². The van der Waals surface area contributed by atoms with Crippen LogP contribution < -0.4 is 0 Å². The van der Waals surface area contributed by atoms with Crippen molar-refractivity contribution >= 4 is 11.6 Å². The molecular formula is C16H22ClN3O. The first kappa shape index (κ1) is 16.0. The minimum atomic E-state index is -0.433. The van der Waals surface area contributed by atoms with Gasteiger partial charge in [-0.3, -0.25) is 4.68 Å². The van der Waals surface area contributed by atoms with Crippen LogP contribution in [-0.2, 0) is 13.0 Å². The molecule has 2 atom stereocenters. The molecule has 0 saturated carbocycles. The van der Waals surface area contributed by atoms with Gasteiger partial charge in [-0.15, -0.1) is 0 Å². The molecule has 0 aliphatic carbocycles. The van der Waals surface area contributed by atoms with Gasteiger partial charge in [0.1, 0.15) is 12.7 Å². The Morgan fingerprint density at radius 2 is 1.90 bits per heavy atom. The summed E-state index contributed by atoms with van der Waals surface area (Å²) in [5, 5.41) is 15.5. The number of halogens is 1. The highest BCUT2D eigenvalue weighted by molar-refractivity contribution is 6.30. The van der Waals surface area contributed by atoms with Crippen molar-refractivity contribution in [3.63, 3.8) is 0 Å². The average Bonchev–Trinajstić information content (AvgIpc) is 2.91. The lowest BCUT2D eigenvalue weighted by atomic mass is 9.79. The predicted molar refractivity (Wildman–Crippen MR) is 84.1 cm³/mol. The fourth-order valence-corrected chi connectivity index (χ4v) is 2.60. The van der Waals surface area contributed by atoms with Crippen molar-refractivity contribution in [3.8, 4) is 0 Å². The maximum absolute atomic E-state index is 10.7. The van der Waals surface area contributed by atoms with Crippen LogP contribution in [0.3, 0.4) is 0 Å². The van der Waals surface area contributed by atoms with Crippen LogP contribution in [0.2, 0.25) is 5.02 Å². The van der Waals surface area contributed by atoms with E-state index in [-0.39, 0.29) is 11.3 Å². The molecule has 21 heavy (non-hydrogen) atoms. The second kappa shape index (κ2) is 6.58. The minimum absolute atomic E-state index is 0.0628. The van der Waals surface area contributed by atoms with Gasteiger partial charge in [-0.05, 0) is 29.5 Å². The van der Waals surface area contributed by atoms with Crippen LogP contribution in [0.15, 0.2) is 36.9 Å². The fraction of sp³-hybridized carbons (Fsp3) is 0.500. The fourth-order valence-electron chi connectivity index (χ4n) is 2.47. The third kappa shape index (κ3) is 4.55. The molecule has 4 nitrogen and oxygen atoms in total. The molecule has 0 aliphatic heterocycles. The molecule has 2 unspecified atom stereocenters. The lowest BCUT2D eigenvalue weighted by molar-refractivity contribution is 0.00400. The van der Waals surface area contributed by atoms with E-state index in [2.05, 4.69) is 10.1 Å². The van der Waals surface area contributed by atoms with Crippen molar-refractivity contribution in [2.75, 3.05) is 0 Å². The number of hydrogen-bond donors (Lipinski definition) is 1. The number of aliphatic hydroxyl groups excluding tert-OH is 1. The first-order valence-electron chi connectivity index (χ1n) is 7.11. The van der Waals surface area contributed by atoms with E-state index in [9.17, 15) is 5.11 Å². The Morgan fingerprint density at radius 3 is 2.43 bits per heavy atom. The van der Waals surface area contributed by atoms with Gasteiger partial charge in [-0.2, -0.15) is 5.10 Å². The summed E-state index contributed by atoms with van der Waals surface area (Å²) in [6.07, 6.45) is 3.54. The number of aliphatic hydroxyl groups is 1. The monoisotopic (exact) mass is 307 g/mol. The Hall–Kier alpha value is -1.39. The quantitative estimate of drug-likeness (QED) is 0.923. The highest BCUT2D eigenvalue weighted by Gasteiger charge is 2.31. The summed E-state index contributed by atoms with van der Waals surface area (Å²) in [6, 6.07) is 7.78. The van der Waals surface area contributed by atoms with E-state index in [1.807, 2.05) is 45.0 Å². The van der Waals surface area contributed by atoms with Gasteiger partial charge in [0.2, 0.25) is 0 Å². The predicted octanol–water partition coefficient (Wildman–Crippen LogP) is 3.20. The molecule has 0 aliphatic rings. The first-order valence-corrected chi connectivity index (χ1v) is 7.49. The lowest BCUT2D eigenvalue weighted by Crippen LogP contribution is -2.37. The van der Waals surface area contributed by atoms with Gasteiger partial charge in [0.05, 0.1) is 6.10 Å². The van der Waals surface area contributed by atoms with Gasteiger partial charge in [-0.1, -0.05) is 44.5 Å². The van der Waals surface area contributed by atoms with Crippen LogP contribution in [-0.4, -0.2) is 26.0 Å². The van der Waals surface area contributed by atoms with Crippen molar-refractivity contribution < 1.29 is 5.11 Å². The molecule has 114 valence electrons. The van der Waals surface area contributed by atoms with Crippen LogP contribution in [0.4, 0.5) is 0 Å². The number of rotatable bonds is 5. The van der Waals surface area contributed by atoms with Crippen LogP contribution in [0, 0.1) is 11.3 Å². The van der Waals surface area contributed by atoms with E-state index in [4.69, 9.17) is 11.6 Å². The van der Waals surface area contributed by atoms with Crippen molar-refractivity contribution in [3.05, 3.63) is 47.5 Å². The molecule has 2 aromatic rings. The van der Waals surface area contributed by atoms with Crippen molar-refractivity contribution in [2.24, 2.45) is 11.3 Å². The molecule has 2 rings (SSSR count). The Balaban J connectivity index is 2.16. The number of hydrogen-bond acceptors (Lipinski definition) is 3.